The van der Waals surface area contributed by atoms with Crippen LogP contribution in [0.15, 0.2) is 24.0 Å². The van der Waals surface area contributed by atoms with E-state index in [9.17, 15) is 0 Å². The van der Waals surface area contributed by atoms with Gasteiger partial charge in [0.1, 0.15) is 0 Å². The van der Waals surface area contributed by atoms with Crippen LogP contribution >= 0.6 is 0 Å². The van der Waals surface area contributed by atoms with Gasteiger partial charge in [0, 0.05) is 36.9 Å². The van der Waals surface area contributed by atoms with Gasteiger partial charge in [-0.05, 0) is 37.5 Å². The molecule has 0 atom stereocenters. The van der Waals surface area contributed by atoms with Gasteiger partial charge in [-0.3, -0.25) is 0 Å². The molecule has 0 aliphatic heterocycles. The molecule has 0 saturated heterocycles. The second kappa shape index (κ2) is 9.14. The van der Waals surface area contributed by atoms with Gasteiger partial charge in [-0.1, -0.05) is 39.8 Å². The molecule has 1 rings (SSSR count). The molecule has 0 amide bonds. The summed E-state index contributed by atoms with van der Waals surface area (Å²) in [5, 5.41) is 6.89. The summed E-state index contributed by atoms with van der Waals surface area (Å²) in [6.45, 7) is 14.0. The van der Waals surface area contributed by atoms with Crippen LogP contribution in [0.3, 0.4) is 0 Å². The van der Waals surface area contributed by atoms with Gasteiger partial charge >= 0.3 is 0 Å². The summed E-state index contributed by atoms with van der Waals surface area (Å²) in [6.07, 6.45) is 7.90. The Bertz CT molecular complexity index is 336. The van der Waals surface area contributed by atoms with Gasteiger partial charge in [0.15, 0.2) is 0 Å². The fourth-order valence-corrected chi connectivity index (χ4v) is 2.90. The van der Waals surface area contributed by atoms with Crippen molar-refractivity contribution in [3.05, 3.63) is 24.0 Å². The van der Waals surface area contributed by atoms with E-state index in [2.05, 4.69) is 44.9 Å². The Labute approximate surface area is 131 Å². The summed E-state index contributed by atoms with van der Waals surface area (Å²) in [5.74, 6) is 1.34. The Morgan fingerprint density at radius 1 is 1.19 bits per heavy atom. The first-order valence-electron chi connectivity index (χ1n) is 8.52. The summed E-state index contributed by atoms with van der Waals surface area (Å²) < 4.78 is 0. The molecule has 122 valence electrons. The van der Waals surface area contributed by atoms with Gasteiger partial charge in [0.25, 0.3) is 0 Å². The second-order valence-corrected chi connectivity index (χ2v) is 7.02. The summed E-state index contributed by atoms with van der Waals surface area (Å²) in [4.78, 5) is 0. The highest BCUT2D eigenvalue weighted by molar-refractivity contribution is 5.06. The maximum absolute atomic E-state index is 6.04. The molecule has 0 heterocycles. The van der Waals surface area contributed by atoms with Crippen molar-refractivity contribution in [2.45, 2.75) is 71.9 Å². The Morgan fingerprint density at radius 3 is 2.33 bits per heavy atom. The lowest BCUT2D eigenvalue weighted by molar-refractivity contribution is 0.325. The monoisotopic (exact) mass is 293 g/mol. The van der Waals surface area contributed by atoms with Crippen LogP contribution in [0.25, 0.3) is 0 Å². The third-order valence-electron chi connectivity index (χ3n) is 4.46. The first-order valence-corrected chi connectivity index (χ1v) is 8.52. The Hall–Kier alpha value is -0.960. The minimum Gasteiger partial charge on any atom is -0.401 e. The molecule has 0 aromatic rings. The zero-order valence-electron chi connectivity index (χ0n) is 14.4. The summed E-state index contributed by atoms with van der Waals surface area (Å²) in [7, 11) is 0. The average molecular weight is 293 g/mol. The van der Waals surface area contributed by atoms with Crippen LogP contribution in [-0.4, -0.2) is 18.6 Å². The van der Waals surface area contributed by atoms with Gasteiger partial charge < -0.3 is 16.4 Å². The van der Waals surface area contributed by atoms with Crippen molar-refractivity contribution in [3.8, 4) is 0 Å². The summed E-state index contributed by atoms with van der Waals surface area (Å²) in [5.41, 5.74) is 8.41. The van der Waals surface area contributed by atoms with E-state index in [4.69, 9.17) is 5.73 Å². The molecule has 0 unspecified atom stereocenters. The van der Waals surface area contributed by atoms with Gasteiger partial charge in [0.2, 0.25) is 0 Å². The fourth-order valence-electron chi connectivity index (χ4n) is 2.90. The van der Waals surface area contributed by atoms with Crippen LogP contribution in [0.2, 0.25) is 0 Å². The molecule has 1 fully saturated rings. The highest BCUT2D eigenvalue weighted by atomic mass is 14.9. The van der Waals surface area contributed by atoms with E-state index in [-0.39, 0.29) is 0 Å². The lowest BCUT2D eigenvalue weighted by Gasteiger charge is -2.31. The largest absolute Gasteiger partial charge is 0.401 e. The first-order chi connectivity index (χ1) is 9.90. The normalized spacial score (nSPS) is 23.6. The van der Waals surface area contributed by atoms with Crippen LogP contribution in [0.1, 0.15) is 59.8 Å². The lowest BCUT2D eigenvalue weighted by Crippen LogP contribution is -2.31. The first kappa shape index (κ1) is 18.1. The quantitative estimate of drug-likeness (QED) is 0.600. The molecular weight excluding hydrogens is 258 g/mol. The lowest BCUT2D eigenvalue weighted by atomic mass is 9.78. The third-order valence-corrected chi connectivity index (χ3v) is 4.46. The van der Waals surface area contributed by atoms with Crippen LogP contribution in [-0.2, 0) is 0 Å². The number of nitrogens with two attached hydrogens (primary N) is 1. The highest BCUT2D eigenvalue weighted by Gasteiger charge is 2.23. The van der Waals surface area contributed by atoms with Gasteiger partial charge in [0.05, 0.1) is 0 Å². The molecule has 0 spiro atoms. The van der Waals surface area contributed by atoms with Crippen molar-refractivity contribution in [2.24, 2.45) is 17.6 Å². The average Bonchev–Trinajstić information content (AvgIpc) is 2.44. The van der Waals surface area contributed by atoms with Gasteiger partial charge in [-0.15, -0.1) is 0 Å². The zero-order chi connectivity index (χ0) is 15.8. The number of allylic oxidation sites excluding steroid dienone is 1. The fraction of sp³-hybridized carbons (Fsp3) is 0.778. The number of nitrogens with one attached hydrogen (secondary N) is 2. The SMILES string of the molecule is C=C(C(C)C)C1CCC(N/C=C(\N)CCNC(C)C)CC1. The van der Waals surface area contributed by atoms with E-state index in [1.54, 1.807) is 0 Å². The Balaban J connectivity index is 2.24. The number of hydrogen-bond donors (Lipinski definition) is 3. The molecule has 0 aromatic carbocycles. The molecule has 3 nitrogen and oxygen atoms in total. The third kappa shape index (κ3) is 7.03. The minimum absolute atomic E-state index is 0.523. The van der Waals surface area contributed by atoms with E-state index in [0.29, 0.717) is 18.0 Å². The topological polar surface area (TPSA) is 50.1 Å². The van der Waals surface area contributed by atoms with Crippen LogP contribution < -0.4 is 16.4 Å². The summed E-state index contributed by atoms with van der Waals surface area (Å²) >= 11 is 0. The van der Waals surface area contributed by atoms with E-state index in [1.807, 2.05) is 6.20 Å². The van der Waals surface area contributed by atoms with E-state index < -0.39 is 0 Å². The van der Waals surface area contributed by atoms with Gasteiger partial charge in [-0.25, -0.2) is 0 Å². The molecule has 1 aliphatic carbocycles. The molecule has 1 saturated carbocycles. The van der Waals surface area contributed by atoms with E-state index >= 15 is 0 Å². The Kier molecular flexibility index (Phi) is 7.87. The highest BCUT2D eigenvalue weighted by Crippen LogP contribution is 2.32. The molecule has 0 bridgehead atoms. The number of hydrogen-bond acceptors (Lipinski definition) is 3. The van der Waals surface area contributed by atoms with Crippen LogP contribution in [0.5, 0.6) is 0 Å². The van der Waals surface area contributed by atoms with Crippen molar-refractivity contribution < 1.29 is 0 Å². The van der Waals surface area contributed by atoms with E-state index in [1.165, 1.54) is 31.3 Å². The molecule has 0 aromatic heterocycles. The van der Waals surface area contributed by atoms with Crippen molar-refractivity contribution >= 4 is 0 Å². The number of rotatable bonds is 8. The molecule has 4 N–H and O–H groups in total. The van der Waals surface area contributed by atoms with Gasteiger partial charge in [-0.2, -0.15) is 0 Å². The van der Waals surface area contributed by atoms with E-state index in [0.717, 1.165) is 24.6 Å². The van der Waals surface area contributed by atoms with Crippen LogP contribution in [0.4, 0.5) is 0 Å². The predicted octanol–water partition coefficient (Wildman–Crippen LogP) is 3.54. The standard InChI is InChI=1S/C18H35N3/c1-13(2)15(5)16-6-8-18(9-7-16)21-12-17(19)10-11-20-14(3)4/h12-14,16,18,20-21H,5-11,19H2,1-4H3/b17-12-. The maximum Gasteiger partial charge on any atom is 0.0256 e. The van der Waals surface area contributed by atoms with Crippen LogP contribution in [0, 0.1) is 11.8 Å². The molecule has 1 aliphatic rings. The predicted molar refractivity (Wildman–Crippen MR) is 92.9 cm³/mol. The molecular formula is C18H35N3. The van der Waals surface area contributed by atoms with Crippen molar-refractivity contribution in [2.75, 3.05) is 6.54 Å². The van der Waals surface area contributed by atoms with Crippen molar-refractivity contribution in [3.63, 3.8) is 0 Å². The molecule has 3 heteroatoms. The molecule has 0 radical (unpaired) electrons. The van der Waals surface area contributed by atoms with Crippen molar-refractivity contribution in [1.82, 2.24) is 10.6 Å². The Morgan fingerprint density at radius 2 is 1.81 bits per heavy atom. The second-order valence-electron chi connectivity index (χ2n) is 7.02. The zero-order valence-corrected chi connectivity index (χ0v) is 14.4. The summed E-state index contributed by atoms with van der Waals surface area (Å²) in [6, 6.07) is 1.10. The maximum atomic E-state index is 6.04. The minimum atomic E-state index is 0.523. The molecule has 21 heavy (non-hydrogen) atoms. The smallest absolute Gasteiger partial charge is 0.0256 e. The van der Waals surface area contributed by atoms with Crippen molar-refractivity contribution in [1.29, 1.82) is 0 Å².